The van der Waals surface area contributed by atoms with Crippen molar-refractivity contribution in [1.82, 2.24) is 4.90 Å². The van der Waals surface area contributed by atoms with Crippen molar-refractivity contribution in [1.29, 1.82) is 0 Å². The van der Waals surface area contributed by atoms with Crippen LogP contribution in [0.1, 0.15) is 65.8 Å². The quantitative estimate of drug-likeness (QED) is 0.403. The van der Waals surface area contributed by atoms with Gasteiger partial charge in [0.2, 0.25) is 0 Å². The molecular formula is C25H28F3NO5S. The lowest BCUT2D eigenvalue weighted by molar-refractivity contribution is -0.0500. The fourth-order valence-corrected chi connectivity index (χ4v) is 5.82. The molecule has 10 heteroatoms. The number of fused-ring (bicyclic) bond motifs is 1. The normalized spacial score (nSPS) is 19.0. The minimum atomic E-state index is -5.75. The lowest BCUT2D eigenvalue weighted by Crippen LogP contribution is -2.37. The van der Waals surface area contributed by atoms with E-state index >= 15 is 0 Å². The Kier molecular flexibility index (Phi) is 7.04. The lowest BCUT2D eigenvalue weighted by Gasteiger charge is -2.31. The van der Waals surface area contributed by atoms with Crippen molar-refractivity contribution < 1.29 is 35.7 Å². The predicted molar refractivity (Wildman–Crippen MR) is 124 cm³/mol. The van der Waals surface area contributed by atoms with Crippen molar-refractivity contribution in [2.24, 2.45) is 0 Å². The Balaban J connectivity index is 1.54. The van der Waals surface area contributed by atoms with Gasteiger partial charge in [0.15, 0.2) is 0 Å². The van der Waals surface area contributed by atoms with E-state index in [1.807, 2.05) is 6.07 Å². The highest BCUT2D eigenvalue weighted by atomic mass is 32.2. The van der Waals surface area contributed by atoms with Crippen LogP contribution in [-0.2, 0) is 29.4 Å². The van der Waals surface area contributed by atoms with Crippen LogP contribution in [0.15, 0.2) is 36.4 Å². The summed E-state index contributed by atoms with van der Waals surface area (Å²) >= 11 is 0. The van der Waals surface area contributed by atoms with Gasteiger partial charge in [-0.05, 0) is 78.7 Å². The molecule has 0 unspecified atom stereocenters. The van der Waals surface area contributed by atoms with Crippen molar-refractivity contribution in [3.05, 3.63) is 64.2 Å². The molecule has 1 saturated heterocycles. The van der Waals surface area contributed by atoms with E-state index < -0.39 is 21.7 Å². The summed E-state index contributed by atoms with van der Waals surface area (Å²) in [7, 11) is -5.75. The van der Waals surface area contributed by atoms with Gasteiger partial charge < -0.3 is 14.2 Å². The predicted octanol–water partition coefficient (Wildman–Crippen LogP) is 5.61. The number of likely N-dealkylation sites (tertiary alicyclic amines) is 1. The first-order valence-electron chi connectivity index (χ1n) is 11.7. The average molecular weight is 512 g/mol. The third-order valence-electron chi connectivity index (χ3n) is 7.09. The van der Waals surface area contributed by atoms with E-state index in [0.717, 1.165) is 30.4 Å². The highest BCUT2D eigenvalue weighted by Crippen LogP contribution is 2.43. The fraction of sp³-hybridized carbons (Fsp3) is 0.480. The molecule has 2 aromatic carbocycles. The molecule has 0 aromatic heterocycles. The van der Waals surface area contributed by atoms with E-state index in [1.54, 1.807) is 6.07 Å². The minimum absolute atomic E-state index is 0.154. The number of benzene rings is 2. The summed E-state index contributed by atoms with van der Waals surface area (Å²) in [5, 5.41) is 9.19. The molecule has 4 rings (SSSR count). The van der Waals surface area contributed by atoms with E-state index in [4.69, 9.17) is 0 Å². The Morgan fingerprint density at radius 1 is 1.14 bits per heavy atom. The van der Waals surface area contributed by atoms with Gasteiger partial charge in [-0.1, -0.05) is 37.3 Å². The van der Waals surface area contributed by atoms with Crippen molar-refractivity contribution in [2.45, 2.75) is 62.8 Å². The number of hydrogen-bond donors (Lipinski definition) is 1. The Morgan fingerprint density at radius 3 is 2.49 bits per heavy atom. The van der Waals surface area contributed by atoms with Gasteiger partial charge in [-0.2, -0.15) is 21.6 Å². The third-order valence-corrected chi connectivity index (χ3v) is 8.05. The Morgan fingerprint density at radius 2 is 1.86 bits per heavy atom. The molecule has 0 spiro atoms. The Bertz CT molecular complexity index is 1200. The number of nitrogens with zero attached hydrogens (tertiary/aromatic N) is 1. The van der Waals surface area contributed by atoms with E-state index in [1.165, 1.54) is 28.2 Å². The van der Waals surface area contributed by atoms with Gasteiger partial charge in [-0.3, -0.25) is 0 Å². The van der Waals surface area contributed by atoms with Crippen molar-refractivity contribution in [3.63, 3.8) is 0 Å². The number of carbonyl (C=O) groups is 1. The summed E-state index contributed by atoms with van der Waals surface area (Å²) in [4.78, 5) is 12.6. The van der Waals surface area contributed by atoms with Crippen LogP contribution in [0.25, 0.3) is 0 Å². The average Bonchev–Trinajstić information content (AvgIpc) is 3.22. The first-order valence-corrected chi connectivity index (χ1v) is 13.1. The number of aryl methyl sites for hydroxylation is 2. The van der Waals surface area contributed by atoms with Crippen molar-refractivity contribution >= 4 is 16.2 Å². The summed E-state index contributed by atoms with van der Waals surface area (Å²) in [5.41, 5.74) is -0.728. The largest absolute Gasteiger partial charge is 0.534 e. The molecule has 1 heterocycles. The second kappa shape index (κ2) is 9.72. The molecule has 1 atom stereocenters. The van der Waals surface area contributed by atoms with Crippen LogP contribution >= 0.6 is 0 Å². The molecule has 6 nitrogen and oxygen atoms in total. The molecule has 2 aliphatic rings. The number of amides is 1. The van der Waals surface area contributed by atoms with Gasteiger partial charge in [0, 0.05) is 18.7 Å². The second-order valence-corrected chi connectivity index (χ2v) is 10.7. The number of halogens is 3. The smallest absolute Gasteiger partial charge is 0.465 e. The van der Waals surface area contributed by atoms with E-state index in [9.17, 15) is 31.5 Å². The molecule has 35 heavy (non-hydrogen) atoms. The third kappa shape index (κ3) is 5.27. The molecule has 1 fully saturated rings. The first-order chi connectivity index (χ1) is 16.5. The number of hydrogen-bond acceptors (Lipinski definition) is 4. The van der Waals surface area contributed by atoms with Gasteiger partial charge in [0.1, 0.15) is 5.75 Å². The maximum atomic E-state index is 12.9. The lowest BCUT2D eigenvalue weighted by atomic mass is 9.84. The van der Waals surface area contributed by atoms with E-state index in [2.05, 4.69) is 23.2 Å². The zero-order valence-electron chi connectivity index (χ0n) is 19.3. The van der Waals surface area contributed by atoms with Gasteiger partial charge in [-0.25, -0.2) is 4.79 Å². The van der Waals surface area contributed by atoms with Crippen LogP contribution in [0.3, 0.4) is 0 Å². The van der Waals surface area contributed by atoms with Crippen LogP contribution < -0.4 is 4.18 Å². The molecule has 1 N–H and O–H groups in total. The SMILES string of the molecule is CCc1cc(C[C@H]2CCc3cccc(OS(=O)(=O)C(F)(F)F)c32)ccc1C1CCN(C(=O)O)CC1. The molecule has 0 saturated carbocycles. The maximum absolute atomic E-state index is 12.9. The van der Waals surface area contributed by atoms with E-state index in [0.29, 0.717) is 37.9 Å². The first kappa shape index (κ1) is 25.3. The van der Waals surface area contributed by atoms with Crippen molar-refractivity contribution in [2.75, 3.05) is 13.1 Å². The van der Waals surface area contributed by atoms with Crippen LogP contribution in [0.5, 0.6) is 5.75 Å². The molecule has 1 amide bonds. The standard InChI is InChI=1S/C25H28F3NO5S/c1-2-17-14-16(6-9-21(17)18-10-12-29(13-11-18)24(30)31)15-20-8-7-19-4-3-5-22(23(19)20)34-35(32,33)25(26,27)28/h3-6,9,14,18,20H,2,7-8,10-13,15H2,1H3,(H,30,31)/t20-/m1/s1. The van der Waals surface area contributed by atoms with E-state index in [-0.39, 0.29) is 17.6 Å². The van der Waals surface area contributed by atoms with Crippen LogP contribution in [0.4, 0.5) is 18.0 Å². The zero-order valence-corrected chi connectivity index (χ0v) is 20.2. The molecular weight excluding hydrogens is 483 g/mol. The molecule has 2 aromatic rings. The highest BCUT2D eigenvalue weighted by Gasteiger charge is 2.49. The van der Waals surface area contributed by atoms with Gasteiger partial charge in [-0.15, -0.1) is 0 Å². The monoisotopic (exact) mass is 511 g/mol. The van der Waals surface area contributed by atoms with Crippen LogP contribution in [0, 0.1) is 0 Å². The van der Waals surface area contributed by atoms with Crippen molar-refractivity contribution in [3.8, 4) is 5.75 Å². The summed E-state index contributed by atoms with van der Waals surface area (Å²) in [5.74, 6) is -0.117. The molecule has 0 radical (unpaired) electrons. The maximum Gasteiger partial charge on any atom is 0.534 e. The Hall–Kier alpha value is -2.75. The molecule has 1 aliphatic heterocycles. The minimum Gasteiger partial charge on any atom is -0.465 e. The summed E-state index contributed by atoms with van der Waals surface area (Å²) in [6.45, 7) is 3.08. The molecule has 190 valence electrons. The van der Waals surface area contributed by atoms with Gasteiger partial charge in [0.05, 0.1) is 0 Å². The summed E-state index contributed by atoms with van der Waals surface area (Å²) < 4.78 is 66.5. The highest BCUT2D eigenvalue weighted by molar-refractivity contribution is 7.88. The zero-order chi connectivity index (χ0) is 25.4. The number of carboxylic acid groups (broad SMARTS) is 1. The summed E-state index contributed by atoms with van der Waals surface area (Å²) in [6.07, 6.45) is 3.35. The Labute approximate surface area is 202 Å². The number of piperidine rings is 1. The number of alkyl halides is 3. The van der Waals surface area contributed by atoms with Crippen LogP contribution in [0.2, 0.25) is 0 Å². The topological polar surface area (TPSA) is 83.9 Å². The van der Waals surface area contributed by atoms with Gasteiger partial charge in [0.25, 0.3) is 0 Å². The fourth-order valence-electron chi connectivity index (χ4n) is 5.34. The number of rotatable bonds is 6. The van der Waals surface area contributed by atoms with Crippen LogP contribution in [-0.4, -0.2) is 43.1 Å². The van der Waals surface area contributed by atoms with Gasteiger partial charge >= 0.3 is 21.7 Å². The molecule has 1 aliphatic carbocycles. The molecule has 0 bridgehead atoms. The summed E-state index contributed by atoms with van der Waals surface area (Å²) in [6, 6.07) is 10.8. The second-order valence-electron chi connectivity index (χ2n) is 9.18.